The summed E-state index contributed by atoms with van der Waals surface area (Å²) in [7, 11) is 0. The Hall–Kier alpha value is -0.620. The molecule has 1 aliphatic carbocycles. The topological polar surface area (TPSA) is 55.1 Å². The van der Waals surface area contributed by atoms with Crippen LogP contribution in [0.1, 0.15) is 32.6 Å². The molecule has 1 amide bonds. The van der Waals surface area contributed by atoms with Gasteiger partial charge in [-0.1, -0.05) is 13.0 Å². The number of rotatable bonds is 3. The van der Waals surface area contributed by atoms with Crippen molar-refractivity contribution in [1.82, 2.24) is 0 Å². The Balaban J connectivity index is 2.09. The third-order valence-electron chi connectivity index (χ3n) is 4.19. The van der Waals surface area contributed by atoms with Gasteiger partial charge in [0.1, 0.15) is 0 Å². The number of benzene rings is 1. The number of nitrogens with two attached hydrogens (primary N) is 1. The van der Waals surface area contributed by atoms with Crippen molar-refractivity contribution in [1.29, 1.82) is 0 Å². The van der Waals surface area contributed by atoms with E-state index >= 15 is 0 Å². The summed E-state index contributed by atoms with van der Waals surface area (Å²) in [5, 5.41) is 3.04. The molecule has 3 N–H and O–H groups in total. The van der Waals surface area contributed by atoms with Gasteiger partial charge in [0.05, 0.1) is 5.41 Å². The Morgan fingerprint density at radius 2 is 2.16 bits per heavy atom. The Labute approximate surface area is 128 Å². The van der Waals surface area contributed by atoms with Crippen LogP contribution >= 0.6 is 22.6 Å². The van der Waals surface area contributed by atoms with Gasteiger partial charge in [0.2, 0.25) is 5.91 Å². The van der Waals surface area contributed by atoms with Crippen molar-refractivity contribution in [2.45, 2.75) is 32.6 Å². The van der Waals surface area contributed by atoms with Crippen molar-refractivity contribution in [3.63, 3.8) is 0 Å². The molecule has 0 heterocycles. The minimum Gasteiger partial charge on any atom is -0.329 e. The molecular weight excluding hydrogens is 351 g/mol. The number of anilines is 1. The summed E-state index contributed by atoms with van der Waals surface area (Å²) in [5.41, 5.74) is 6.40. The van der Waals surface area contributed by atoms with Crippen molar-refractivity contribution in [3.8, 4) is 0 Å². The fourth-order valence-corrected chi connectivity index (χ4v) is 3.21. The first kappa shape index (κ1) is 14.8. The molecule has 1 aromatic rings. The van der Waals surface area contributed by atoms with Crippen molar-refractivity contribution >= 4 is 34.2 Å². The summed E-state index contributed by atoms with van der Waals surface area (Å²) in [6, 6.07) is 7.87. The highest BCUT2D eigenvalue weighted by atomic mass is 127. The van der Waals surface area contributed by atoms with Crippen LogP contribution in [0.4, 0.5) is 5.69 Å². The molecule has 2 rings (SSSR count). The van der Waals surface area contributed by atoms with Gasteiger partial charge < -0.3 is 11.1 Å². The van der Waals surface area contributed by atoms with Crippen LogP contribution in [0.2, 0.25) is 0 Å². The molecule has 0 spiro atoms. The normalized spacial score (nSPS) is 27.0. The van der Waals surface area contributed by atoms with Crippen molar-refractivity contribution in [3.05, 3.63) is 27.8 Å². The molecule has 104 valence electrons. The Morgan fingerprint density at radius 1 is 1.47 bits per heavy atom. The van der Waals surface area contributed by atoms with Gasteiger partial charge in [0.25, 0.3) is 0 Å². The van der Waals surface area contributed by atoms with Gasteiger partial charge in [0, 0.05) is 15.8 Å². The highest BCUT2D eigenvalue weighted by Gasteiger charge is 2.39. The van der Waals surface area contributed by atoms with Gasteiger partial charge in [-0.15, -0.1) is 0 Å². The fourth-order valence-electron chi connectivity index (χ4n) is 2.67. The van der Waals surface area contributed by atoms with E-state index < -0.39 is 0 Å². The smallest absolute Gasteiger partial charge is 0.231 e. The molecule has 1 saturated carbocycles. The first-order chi connectivity index (χ1) is 9.05. The lowest BCUT2D eigenvalue weighted by Gasteiger charge is -2.37. The molecule has 0 aromatic heterocycles. The third-order valence-corrected chi connectivity index (χ3v) is 4.86. The molecule has 0 atom stereocenters. The van der Waals surface area contributed by atoms with Crippen LogP contribution in [0, 0.1) is 14.9 Å². The highest BCUT2D eigenvalue weighted by molar-refractivity contribution is 14.1. The highest BCUT2D eigenvalue weighted by Crippen LogP contribution is 2.39. The van der Waals surface area contributed by atoms with E-state index in [-0.39, 0.29) is 11.3 Å². The second-order valence-electron chi connectivity index (χ2n) is 5.63. The molecule has 4 heteroatoms. The summed E-state index contributed by atoms with van der Waals surface area (Å²) >= 11 is 2.25. The van der Waals surface area contributed by atoms with Crippen LogP contribution in [-0.2, 0) is 4.79 Å². The maximum absolute atomic E-state index is 12.5. The lowest BCUT2D eigenvalue weighted by molar-refractivity contribution is -0.127. The van der Waals surface area contributed by atoms with E-state index in [4.69, 9.17) is 5.73 Å². The van der Waals surface area contributed by atoms with Gasteiger partial charge >= 0.3 is 0 Å². The minimum absolute atomic E-state index is 0.0869. The molecule has 19 heavy (non-hydrogen) atoms. The zero-order valence-corrected chi connectivity index (χ0v) is 13.4. The summed E-state index contributed by atoms with van der Waals surface area (Å²) in [6.45, 7) is 2.69. The van der Waals surface area contributed by atoms with Gasteiger partial charge in [0.15, 0.2) is 0 Å². The van der Waals surface area contributed by atoms with E-state index in [0.717, 1.165) is 34.9 Å². The molecule has 0 bridgehead atoms. The Morgan fingerprint density at radius 3 is 2.74 bits per heavy atom. The summed E-state index contributed by atoms with van der Waals surface area (Å²) in [4.78, 5) is 12.5. The third kappa shape index (κ3) is 3.48. The second kappa shape index (κ2) is 6.22. The van der Waals surface area contributed by atoms with Crippen LogP contribution in [0.5, 0.6) is 0 Å². The molecule has 0 radical (unpaired) electrons. The van der Waals surface area contributed by atoms with E-state index in [1.54, 1.807) is 0 Å². The molecule has 0 saturated heterocycles. The van der Waals surface area contributed by atoms with Crippen LogP contribution in [0.25, 0.3) is 0 Å². The largest absolute Gasteiger partial charge is 0.329 e. The number of halogens is 1. The molecule has 1 fully saturated rings. The maximum atomic E-state index is 12.5. The quantitative estimate of drug-likeness (QED) is 0.800. The van der Waals surface area contributed by atoms with Gasteiger partial charge in [-0.2, -0.15) is 0 Å². The monoisotopic (exact) mass is 372 g/mol. The summed E-state index contributed by atoms with van der Waals surface area (Å²) in [6.07, 6.45) is 3.99. The maximum Gasteiger partial charge on any atom is 0.231 e. The predicted molar refractivity (Wildman–Crippen MR) is 86.9 cm³/mol. The van der Waals surface area contributed by atoms with Crippen LogP contribution in [0.3, 0.4) is 0 Å². The second-order valence-corrected chi connectivity index (χ2v) is 6.88. The SMILES string of the molecule is CC1CCC(CN)(C(=O)Nc2cccc(I)c2)CC1. The van der Waals surface area contributed by atoms with E-state index in [2.05, 4.69) is 34.8 Å². The number of nitrogens with one attached hydrogen (secondary N) is 1. The van der Waals surface area contributed by atoms with E-state index in [1.807, 2.05) is 24.3 Å². The zero-order valence-electron chi connectivity index (χ0n) is 11.3. The van der Waals surface area contributed by atoms with Gasteiger partial charge in [-0.25, -0.2) is 0 Å². The lowest BCUT2D eigenvalue weighted by atomic mass is 9.70. The van der Waals surface area contributed by atoms with Gasteiger partial charge in [-0.3, -0.25) is 4.79 Å². The molecule has 1 aromatic carbocycles. The zero-order chi connectivity index (χ0) is 13.9. The minimum atomic E-state index is -0.367. The van der Waals surface area contributed by atoms with Crippen LogP contribution < -0.4 is 11.1 Å². The van der Waals surface area contributed by atoms with Gasteiger partial charge in [-0.05, 0) is 72.4 Å². The number of carbonyl (C=O) groups excluding carboxylic acids is 1. The molecule has 3 nitrogen and oxygen atoms in total. The van der Waals surface area contributed by atoms with E-state index in [1.165, 1.54) is 0 Å². The summed E-state index contributed by atoms with van der Waals surface area (Å²) < 4.78 is 1.12. The van der Waals surface area contributed by atoms with Crippen LogP contribution in [0.15, 0.2) is 24.3 Å². The van der Waals surface area contributed by atoms with E-state index in [0.29, 0.717) is 12.5 Å². The molecule has 1 aliphatic rings. The Bertz CT molecular complexity index is 453. The first-order valence-electron chi connectivity index (χ1n) is 6.83. The van der Waals surface area contributed by atoms with E-state index in [9.17, 15) is 4.79 Å². The van der Waals surface area contributed by atoms with Crippen molar-refractivity contribution in [2.24, 2.45) is 17.1 Å². The molecular formula is C15H21IN2O. The molecule has 0 aliphatic heterocycles. The predicted octanol–water partition coefficient (Wildman–Crippen LogP) is 3.38. The molecule has 0 unspecified atom stereocenters. The number of hydrogen-bond donors (Lipinski definition) is 2. The number of carbonyl (C=O) groups is 1. The van der Waals surface area contributed by atoms with Crippen LogP contribution in [-0.4, -0.2) is 12.5 Å². The average molecular weight is 372 g/mol. The number of hydrogen-bond acceptors (Lipinski definition) is 2. The fraction of sp³-hybridized carbons (Fsp3) is 0.533. The van der Waals surface area contributed by atoms with Crippen molar-refractivity contribution in [2.75, 3.05) is 11.9 Å². The standard InChI is InChI=1S/C15H21IN2O/c1-11-5-7-15(10-17,8-6-11)14(19)18-13-4-2-3-12(16)9-13/h2-4,9,11H,5-8,10,17H2,1H3,(H,18,19). The first-order valence-corrected chi connectivity index (χ1v) is 7.91. The number of amides is 1. The Kier molecular flexibility index (Phi) is 4.84. The van der Waals surface area contributed by atoms with Crippen molar-refractivity contribution < 1.29 is 4.79 Å². The summed E-state index contributed by atoms with van der Waals surface area (Å²) in [5.74, 6) is 0.800. The average Bonchev–Trinajstić information content (AvgIpc) is 2.40. The lowest BCUT2D eigenvalue weighted by Crippen LogP contribution is -2.44.